The van der Waals surface area contributed by atoms with Gasteiger partial charge in [0.2, 0.25) is 11.8 Å². The third kappa shape index (κ3) is 5.26. The molecule has 0 radical (unpaired) electrons. The molecule has 2 aromatic carbocycles. The second-order valence-corrected chi connectivity index (χ2v) is 8.40. The number of hydrogen-bond acceptors (Lipinski definition) is 8. The van der Waals surface area contributed by atoms with Crippen molar-refractivity contribution >= 4 is 45.8 Å². The van der Waals surface area contributed by atoms with Crippen LogP contribution in [0.15, 0.2) is 76.3 Å². The fraction of sp³-hybridized carbons (Fsp3) is 0.174. The van der Waals surface area contributed by atoms with Crippen molar-refractivity contribution in [2.24, 2.45) is 4.99 Å². The molecule has 174 valence electrons. The number of carbonyl (C=O) groups is 2. The van der Waals surface area contributed by atoms with Crippen molar-refractivity contribution in [2.75, 3.05) is 12.4 Å². The van der Waals surface area contributed by atoms with Crippen molar-refractivity contribution in [3.05, 3.63) is 82.8 Å². The minimum atomic E-state index is -0.741. The first-order valence-electron chi connectivity index (χ1n) is 10.2. The van der Waals surface area contributed by atoms with E-state index in [9.17, 15) is 19.7 Å². The Morgan fingerprint density at radius 3 is 2.71 bits per heavy atom. The number of nitro groups is 1. The second-order valence-electron chi connectivity index (χ2n) is 7.23. The Hall–Kier alpha value is -4.12. The molecule has 0 saturated carbocycles. The summed E-state index contributed by atoms with van der Waals surface area (Å²) in [5.74, 6) is 0.0451. The van der Waals surface area contributed by atoms with Gasteiger partial charge in [-0.15, -0.1) is 0 Å². The first-order chi connectivity index (χ1) is 16.4. The molecular formula is C23H20N4O6S. The molecule has 1 atom stereocenters. The third-order valence-corrected chi connectivity index (χ3v) is 6.12. The Morgan fingerprint density at radius 1 is 1.24 bits per heavy atom. The van der Waals surface area contributed by atoms with Crippen LogP contribution in [-0.2, 0) is 16.1 Å². The summed E-state index contributed by atoms with van der Waals surface area (Å²) < 4.78 is 10.4. The fourth-order valence-corrected chi connectivity index (χ4v) is 4.46. The van der Waals surface area contributed by atoms with Crippen LogP contribution in [0.3, 0.4) is 0 Å². The first kappa shape index (κ1) is 23.1. The van der Waals surface area contributed by atoms with Gasteiger partial charge in [0.05, 0.1) is 36.6 Å². The zero-order valence-electron chi connectivity index (χ0n) is 18.0. The summed E-state index contributed by atoms with van der Waals surface area (Å²) in [6, 6.07) is 16.8. The van der Waals surface area contributed by atoms with E-state index in [0.717, 1.165) is 0 Å². The molecule has 4 rings (SSSR count). The molecule has 0 bridgehead atoms. The number of furan rings is 1. The highest BCUT2D eigenvalue weighted by atomic mass is 32.2. The lowest BCUT2D eigenvalue weighted by molar-refractivity contribution is -0.384. The van der Waals surface area contributed by atoms with Gasteiger partial charge in [-0.3, -0.25) is 24.6 Å². The minimum absolute atomic E-state index is 0.0249. The van der Waals surface area contributed by atoms with E-state index < -0.39 is 16.1 Å². The Labute approximate surface area is 198 Å². The predicted molar refractivity (Wildman–Crippen MR) is 127 cm³/mol. The highest BCUT2D eigenvalue weighted by Gasteiger charge is 2.39. The van der Waals surface area contributed by atoms with Crippen LogP contribution in [0.1, 0.15) is 12.2 Å². The van der Waals surface area contributed by atoms with Crippen LogP contribution >= 0.6 is 11.8 Å². The molecule has 2 amide bonds. The number of nitrogens with zero attached hydrogens (tertiary/aromatic N) is 3. The fourth-order valence-electron chi connectivity index (χ4n) is 3.31. The number of amides is 2. The molecule has 1 fully saturated rings. The van der Waals surface area contributed by atoms with E-state index >= 15 is 0 Å². The monoisotopic (exact) mass is 480 g/mol. The van der Waals surface area contributed by atoms with E-state index in [1.54, 1.807) is 12.1 Å². The molecule has 1 aromatic heterocycles. The summed E-state index contributed by atoms with van der Waals surface area (Å²) in [4.78, 5) is 42.7. The number of thioether (sulfide) groups is 1. The van der Waals surface area contributed by atoms with Crippen LogP contribution in [0.2, 0.25) is 0 Å². The summed E-state index contributed by atoms with van der Waals surface area (Å²) in [6.45, 7) is 0.173. The molecule has 0 aliphatic carbocycles. The lowest BCUT2D eigenvalue weighted by Crippen LogP contribution is -2.33. The van der Waals surface area contributed by atoms with E-state index in [0.29, 0.717) is 22.4 Å². The number of nitrogens with one attached hydrogen (secondary N) is 1. The molecule has 10 nitrogen and oxygen atoms in total. The van der Waals surface area contributed by atoms with Crippen molar-refractivity contribution in [1.29, 1.82) is 0 Å². The Balaban J connectivity index is 1.52. The molecular weight excluding hydrogens is 460 g/mol. The molecule has 34 heavy (non-hydrogen) atoms. The van der Waals surface area contributed by atoms with E-state index in [1.165, 1.54) is 48.2 Å². The SMILES string of the molecule is COc1ccc(NC(=O)CC2SC(=Nc3ccccc3)N(Cc3ccco3)C2=O)c([N+](=O)[O-])c1. The minimum Gasteiger partial charge on any atom is -0.496 e. The number of amidine groups is 1. The topological polar surface area (TPSA) is 127 Å². The van der Waals surface area contributed by atoms with Gasteiger partial charge < -0.3 is 14.5 Å². The van der Waals surface area contributed by atoms with E-state index in [-0.39, 0.29) is 30.2 Å². The maximum absolute atomic E-state index is 13.2. The highest BCUT2D eigenvalue weighted by molar-refractivity contribution is 8.15. The number of rotatable bonds is 8. The van der Waals surface area contributed by atoms with Gasteiger partial charge >= 0.3 is 0 Å². The number of carbonyl (C=O) groups excluding carboxylic acids is 2. The summed E-state index contributed by atoms with van der Waals surface area (Å²) in [6.07, 6.45) is 1.33. The van der Waals surface area contributed by atoms with Crippen LogP contribution < -0.4 is 10.1 Å². The van der Waals surface area contributed by atoms with Crippen molar-refractivity contribution in [3.8, 4) is 5.75 Å². The number of benzene rings is 2. The molecule has 1 aliphatic rings. The van der Waals surface area contributed by atoms with E-state index in [2.05, 4.69) is 10.3 Å². The number of para-hydroxylation sites is 1. The lowest BCUT2D eigenvalue weighted by atomic mass is 10.2. The highest BCUT2D eigenvalue weighted by Crippen LogP contribution is 2.34. The van der Waals surface area contributed by atoms with Crippen molar-refractivity contribution < 1.29 is 23.7 Å². The van der Waals surface area contributed by atoms with Gasteiger partial charge in [-0.05, 0) is 36.4 Å². The van der Waals surface area contributed by atoms with Gasteiger partial charge in [0, 0.05) is 6.42 Å². The average Bonchev–Trinajstić information content (AvgIpc) is 3.44. The zero-order chi connectivity index (χ0) is 24.1. The van der Waals surface area contributed by atoms with Gasteiger partial charge in [-0.1, -0.05) is 30.0 Å². The van der Waals surface area contributed by atoms with Crippen LogP contribution in [0, 0.1) is 10.1 Å². The van der Waals surface area contributed by atoms with Gasteiger partial charge in [0.15, 0.2) is 5.17 Å². The van der Waals surface area contributed by atoms with Gasteiger partial charge in [0.1, 0.15) is 22.4 Å². The number of methoxy groups -OCH3 is 1. The number of anilines is 1. The van der Waals surface area contributed by atoms with Gasteiger partial charge in [0.25, 0.3) is 5.69 Å². The number of hydrogen-bond donors (Lipinski definition) is 1. The van der Waals surface area contributed by atoms with Crippen molar-refractivity contribution in [1.82, 2.24) is 4.90 Å². The zero-order valence-corrected chi connectivity index (χ0v) is 18.9. The average molecular weight is 481 g/mol. The van der Waals surface area contributed by atoms with Crippen molar-refractivity contribution in [3.63, 3.8) is 0 Å². The van der Waals surface area contributed by atoms with Gasteiger partial charge in [-0.2, -0.15) is 0 Å². The lowest BCUT2D eigenvalue weighted by Gasteiger charge is -2.15. The maximum atomic E-state index is 13.2. The first-order valence-corrected chi connectivity index (χ1v) is 11.1. The molecule has 1 unspecified atom stereocenters. The molecule has 1 N–H and O–H groups in total. The van der Waals surface area contributed by atoms with Crippen LogP contribution in [-0.4, -0.2) is 39.2 Å². The van der Waals surface area contributed by atoms with Crippen molar-refractivity contribution in [2.45, 2.75) is 18.2 Å². The summed E-state index contributed by atoms with van der Waals surface area (Å²) in [5.41, 5.74) is 0.391. The Morgan fingerprint density at radius 2 is 2.03 bits per heavy atom. The van der Waals surface area contributed by atoms with Crippen LogP contribution in [0.5, 0.6) is 5.75 Å². The number of nitro benzene ring substituents is 1. The van der Waals surface area contributed by atoms with Crippen LogP contribution in [0.4, 0.5) is 17.1 Å². The number of ether oxygens (including phenoxy) is 1. The Kier molecular flexibility index (Phi) is 6.93. The summed E-state index contributed by atoms with van der Waals surface area (Å²) >= 11 is 1.17. The van der Waals surface area contributed by atoms with Gasteiger partial charge in [-0.25, -0.2) is 4.99 Å². The number of aliphatic imine (C=N–C) groups is 1. The molecule has 2 heterocycles. The smallest absolute Gasteiger partial charge is 0.296 e. The summed E-state index contributed by atoms with van der Waals surface area (Å²) in [5, 5.41) is 13.6. The predicted octanol–water partition coefficient (Wildman–Crippen LogP) is 4.36. The van der Waals surface area contributed by atoms with Crippen LogP contribution in [0.25, 0.3) is 0 Å². The van der Waals surface area contributed by atoms with E-state index in [1.807, 2.05) is 30.3 Å². The normalized spacial score (nSPS) is 16.6. The molecule has 11 heteroatoms. The molecule has 3 aromatic rings. The Bertz CT molecular complexity index is 1230. The summed E-state index contributed by atoms with van der Waals surface area (Å²) in [7, 11) is 1.39. The second kappa shape index (κ2) is 10.2. The largest absolute Gasteiger partial charge is 0.496 e. The standard InChI is InChI=1S/C23H20N4O6S/c1-32-16-9-10-18(19(12-16)27(30)31)25-21(28)13-20-22(29)26(14-17-8-5-11-33-17)23(34-20)24-15-6-3-2-4-7-15/h2-12,20H,13-14H2,1H3,(H,25,28). The maximum Gasteiger partial charge on any atom is 0.296 e. The molecule has 0 spiro atoms. The third-order valence-electron chi connectivity index (χ3n) is 4.94. The van der Waals surface area contributed by atoms with E-state index in [4.69, 9.17) is 9.15 Å². The quantitative estimate of drug-likeness (QED) is 0.375. The molecule has 1 saturated heterocycles. The molecule has 1 aliphatic heterocycles.